The molecule has 0 saturated carbocycles. The smallest absolute Gasteiger partial charge is 0.372 e. The molecule has 0 saturated heterocycles. The van der Waals surface area contributed by atoms with Crippen molar-refractivity contribution < 1.29 is 8.83 Å². The topological polar surface area (TPSA) is 42.0 Å². The van der Waals surface area contributed by atoms with Crippen LogP contribution in [0.5, 0.6) is 0 Å². The zero-order chi connectivity index (χ0) is 41.2. The second-order valence-electron chi connectivity index (χ2n) is 15.2. The van der Waals surface area contributed by atoms with Gasteiger partial charge in [0.15, 0.2) is 0 Å². The van der Waals surface area contributed by atoms with E-state index < -0.39 is 0 Å². The normalized spacial score (nSPS) is 14.8. The molecule has 2 aliphatic rings. The van der Waals surface area contributed by atoms with Crippen LogP contribution in [-0.2, 0) is 0 Å². The van der Waals surface area contributed by atoms with Gasteiger partial charge in [0.2, 0.25) is 0 Å². The fourth-order valence-corrected chi connectivity index (χ4v) is 10.3. The fraction of sp³-hybridized carbons (Fsp3) is 0.306. The first-order valence-electron chi connectivity index (χ1n) is 20.9. The summed E-state index contributed by atoms with van der Waals surface area (Å²) >= 11 is 3.63. The van der Waals surface area contributed by atoms with Crippen LogP contribution in [0.15, 0.2) is 126 Å². The van der Waals surface area contributed by atoms with Crippen LogP contribution in [0.25, 0.3) is 34.1 Å². The molecule has 2 aliphatic heterocycles. The zero-order valence-corrected chi connectivity index (χ0v) is 37.3. The lowest BCUT2D eigenvalue weighted by Crippen LogP contribution is -2.25. The summed E-state index contributed by atoms with van der Waals surface area (Å²) in [5.41, 5.74) is 8.91. The molecular weight excluding hydrogens is 769 g/mol. The minimum atomic E-state index is 0.816. The van der Waals surface area contributed by atoms with Gasteiger partial charge in [-0.3, -0.25) is 9.80 Å². The highest BCUT2D eigenvalue weighted by Gasteiger charge is 2.27. The summed E-state index contributed by atoms with van der Waals surface area (Å²) in [6, 6.07) is 34.9. The summed E-state index contributed by atoms with van der Waals surface area (Å²) in [4.78, 5) is 16.3. The molecule has 0 bridgehead atoms. The third-order valence-corrected chi connectivity index (χ3v) is 14.0. The SMILES string of the molecule is CCN(CC)c1cc(/C=C2\Sc3ccccc3N2C)c2ccc(N(C)CCCN(C)c3cc(/C=C4\Sc5ccccc5N4C)c4ccc(N(CC)CC)cc4[o+]3)[o+]c2c1. The molecule has 0 radical (unpaired) electrons. The highest BCUT2D eigenvalue weighted by Crippen LogP contribution is 2.47. The minimum absolute atomic E-state index is 0.816. The third kappa shape index (κ3) is 8.17. The largest absolute Gasteiger partial charge is 0.430 e. The number of para-hydroxylation sites is 2. The Morgan fingerprint density at radius 1 is 0.542 bits per heavy atom. The number of fused-ring (bicyclic) bond motifs is 4. The predicted molar refractivity (Wildman–Crippen MR) is 257 cm³/mol. The van der Waals surface area contributed by atoms with Gasteiger partial charge in [0.1, 0.15) is 0 Å². The molecular formula is C49H56N6O2S2+2. The summed E-state index contributed by atoms with van der Waals surface area (Å²) in [6.07, 6.45) is 5.53. The lowest BCUT2D eigenvalue weighted by Gasteiger charge is -2.21. The van der Waals surface area contributed by atoms with Crippen molar-refractivity contribution in [1.29, 1.82) is 0 Å². The van der Waals surface area contributed by atoms with Gasteiger partial charge in [-0.1, -0.05) is 47.8 Å². The first-order chi connectivity index (χ1) is 28.7. The Labute approximate surface area is 358 Å². The van der Waals surface area contributed by atoms with Crippen molar-refractivity contribution in [1.82, 2.24) is 0 Å². The van der Waals surface area contributed by atoms with E-state index >= 15 is 0 Å². The predicted octanol–water partition coefficient (Wildman–Crippen LogP) is 12.5. The van der Waals surface area contributed by atoms with Crippen LogP contribution in [0.3, 0.4) is 0 Å². The molecule has 0 amide bonds. The van der Waals surface area contributed by atoms with E-state index in [4.69, 9.17) is 8.83 Å². The van der Waals surface area contributed by atoms with E-state index in [0.29, 0.717) is 0 Å². The van der Waals surface area contributed by atoms with Gasteiger partial charge >= 0.3 is 22.9 Å². The number of hydrogen-bond acceptors (Lipinski definition) is 8. The molecule has 0 fully saturated rings. The van der Waals surface area contributed by atoms with E-state index in [1.165, 1.54) is 42.6 Å². The number of anilines is 6. The van der Waals surface area contributed by atoms with E-state index in [9.17, 15) is 0 Å². The Morgan fingerprint density at radius 2 is 1.02 bits per heavy atom. The highest BCUT2D eigenvalue weighted by molar-refractivity contribution is 8.04. The van der Waals surface area contributed by atoms with Crippen molar-refractivity contribution in [3.05, 3.63) is 118 Å². The van der Waals surface area contributed by atoms with Gasteiger partial charge in [-0.15, -0.1) is 0 Å². The van der Waals surface area contributed by atoms with E-state index in [-0.39, 0.29) is 0 Å². The van der Waals surface area contributed by atoms with Gasteiger partial charge in [-0.25, -0.2) is 0 Å². The molecule has 8 rings (SSSR count). The van der Waals surface area contributed by atoms with Crippen LogP contribution in [0.2, 0.25) is 0 Å². The molecule has 10 heteroatoms. The van der Waals surface area contributed by atoms with Crippen LogP contribution in [-0.4, -0.2) is 67.5 Å². The van der Waals surface area contributed by atoms with Crippen molar-refractivity contribution in [3.8, 4) is 0 Å². The fourth-order valence-electron chi connectivity index (χ4n) is 8.10. The van der Waals surface area contributed by atoms with Gasteiger partial charge in [-0.2, -0.15) is 8.83 Å². The van der Waals surface area contributed by atoms with Gasteiger partial charge < -0.3 is 19.6 Å². The lowest BCUT2D eigenvalue weighted by molar-refractivity contribution is 0.567. The molecule has 4 heterocycles. The molecule has 0 atom stereocenters. The molecule has 2 aromatic heterocycles. The Morgan fingerprint density at radius 3 is 1.58 bits per heavy atom. The Kier molecular flexibility index (Phi) is 12.0. The number of thioether (sulfide) groups is 2. The van der Waals surface area contributed by atoms with Crippen LogP contribution in [0.4, 0.5) is 34.5 Å². The van der Waals surface area contributed by atoms with Crippen molar-refractivity contribution in [2.24, 2.45) is 0 Å². The lowest BCUT2D eigenvalue weighted by atomic mass is 10.1. The first kappa shape index (κ1) is 40.5. The van der Waals surface area contributed by atoms with Crippen LogP contribution in [0.1, 0.15) is 45.2 Å². The van der Waals surface area contributed by atoms with Gasteiger partial charge in [-0.05, 0) is 100 Å². The molecule has 6 aromatic rings. The maximum absolute atomic E-state index is 6.75. The Balaban J connectivity index is 1.03. The molecule has 59 heavy (non-hydrogen) atoms. The van der Waals surface area contributed by atoms with Gasteiger partial charge in [0, 0.05) is 94.2 Å². The number of hydrogen-bond donors (Lipinski definition) is 0. The molecule has 8 nitrogen and oxygen atoms in total. The second-order valence-corrected chi connectivity index (χ2v) is 17.3. The molecule has 0 aliphatic carbocycles. The van der Waals surface area contributed by atoms with Crippen LogP contribution >= 0.6 is 23.5 Å². The van der Waals surface area contributed by atoms with E-state index in [1.54, 1.807) is 0 Å². The van der Waals surface area contributed by atoms with Crippen molar-refractivity contribution in [3.63, 3.8) is 0 Å². The summed E-state index contributed by atoms with van der Waals surface area (Å²) in [5, 5.41) is 4.62. The number of benzene rings is 4. The number of nitrogens with zero attached hydrogens (tertiary/aromatic N) is 6. The Hall–Kier alpha value is -5.32. The molecule has 0 spiro atoms. The maximum Gasteiger partial charge on any atom is 0.430 e. The monoisotopic (exact) mass is 824 g/mol. The zero-order valence-electron chi connectivity index (χ0n) is 35.7. The summed E-state index contributed by atoms with van der Waals surface area (Å²) in [6.45, 7) is 14.2. The molecule has 0 unspecified atom stereocenters. The van der Waals surface area contributed by atoms with Gasteiger partial charge in [0.25, 0.3) is 0 Å². The minimum Gasteiger partial charge on any atom is -0.372 e. The molecule has 4 aromatic carbocycles. The van der Waals surface area contributed by atoms with Crippen molar-refractivity contribution in [2.75, 3.05) is 96.9 Å². The second kappa shape index (κ2) is 17.5. The standard InChI is InChI=1S/C49H56N6O2S2/c1-9-54(10-2)36-22-23-38-35(31-49-53(8)41-19-14-16-21-45(41)59-49)29-47(57-42(38)32-36)51(6)27-17-26-50(5)46-25-24-39-34(28-37(33-43(39)56-46)55(11-3)12-4)30-48-52(7)40-18-13-15-20-44(40)58-48/h13-16,18-25,28-33H,9-12,17,26-27H2,1-8H3/q+2/b48-30-,49-31-. The highest BCUT2D eigenvalue weighted by atomic mass is 32.2. The first-order valence-corrected chi connectivity index (χ1v) is 22.5. The van der Waals surface area contributed by atoms with E-state index in [0.717, 1.165) is 90.5 Å². The quantitative estimate of drug-likeness (QED) is 0.0992. The van der Waals surface area contributed by atoms with E-state index in [2.05, 4.69) is 194 Å². The summed E-state index contributed by atoms with van der Waals surface area (Å²) in [7, 11) is 8.55. The Bertz CT molecular complexity index is 2550. The average molecular weight is 825 g/mol. The van der Waals surface area contributed by atoms with Crippen molar-refractivity contribution in [2.45, 2.75) is 43.9 Å². The van der Waals surface area contributed by atoms with Crippen LogP contribution < -0.4 is 29.4 Å². The summed E-state index contributed by atoms with van der Waals surface area (Å²) < 4.78 is 13.5. The number of rotatable bonds is 14. The maximum atomic E-state index is 6.75. The van der Waals surface area contributed by atoms with Gasteiger partial charge in [0.05, 0.1) is 56.5 Å². The van der Waals surface area contributed by atoms with Crippen molar-refractivity contribution >= 4 is 92.1 Å². The van der Waals surface area contributed by atoms with Crippen LogP contribution in [0, 0.1) is 0 Å². The average Bonchev–Trinajstić information content (AvgIpc) is 3.75. The molecule has 304 valence electrons. The summed E-state index contributed by atoms with van der Waals surface area (Å²) in [5.74, 6) is 1.70. The van der Waals surface area contributed by atoms with E-state index in [1.807, 2.05) is 23.5 Å². The molecule has 0 N–H and O–H groups in total. The third-order valence-electron chi connectivity index (χ3n) is 11.6.